The number of anilines is 1. The zero-order valence-electron chi connectivity index (χ0n) is 12.2. The summed E-state index contributed by atoms with van der Waals surface area (Å²) in [7, 11) is 0. The molecular weight excluding hydrogens is 222 g/mol. The largest absolute Gasteiger partial charge is 0.396 e. The molecule has 0 amide bonds. The fraction of sp³-hybridized carbons (Fsp3) is 0.625. The Morgan fingerprint density at radius 2 is 1.83 bits per heavy atom. The summed E-state index contributed by atoms with van der Waals surface area (Å²) in [5.74, 6) is 0.623. The molecule has 1 rings (SSSR count). The van der Waals surface area contributed by atoms with Crippen molar-refractivity contribution in [2.45, 2.75) is 46.5 Å². The second kappa shape index (κ2) is 6.79. The minimum atomic E-state index is -0.0324. The summed E-state index contributed by atoms with van der Waals surface area (Å²) in [4.78, 5) is 0. The number of hydrogen-bond donors (Lipinski definition) is 2. The molecule has 1 aromatic carbocycles. The smallest absolute Gasteiger partial charge is 0.0501 e. The maximum atomic E-state index is 9.37. The fourth-order valence-electron chi connectivity index (χ4n) is 1.77. The first-order chi connectivity index (χ1) is 8.54. The Balaban J connectivity index is 2.59. The molecule has 0 heterocycles. The van der Waals surface area contributed by atoms with Gasteiger partial charge in [0.25, 0.3) is 0 Å². The molecule has 2 heteroatoms. The van der Waals surface area contributed by atoms with Crippen molar-refractivity contribution >= 4 is 5.69 Å². The molecule has 0 aliphatic rings. The van der Waals surface area contributed by atoms with Crippen LogP contribution in [-0.2, 0) is 0 Å². The van der Waals surface area contributed by atoms with Gasteiger partial charge < -0.3 is 10.4 Å². The summed E-state index contributed by atoms with van der Waals surface area (Å²) < 4.78 is 0. The van der Waals surface area contributed by atoms with E-state index >= 15 is 0 Å². The zero-order chi connectivity index (χ0) is 13.6. The number of nitrogens with one attached hydrogen (secondary N) is 1. The maximum absolute atomic E-state index is 9.37. The van der Waals surface area contributed by atoms with E-state index < -0.39 is 0 Å². The van der Waals surface area contributed by atoms with Crippen molar-refractivity contribution in [1.29, 1.82) is 0 Å². The van der Waals surface area contributed by atoms with Crippen LogP contribution in [-0.4, -0.2) is 18.3 Å². The number of benzene rings is 1. The van der Waals surface area contributed by atoms with Crippen LogP contribution in [0.2, 0.25) is 0 Å². The molecule has 0 bridgehead atoms. The van der Waals surface area contributed by atoms with Gasteiger partial charge in [-0.3, -0.25) is 0 Å². The van der Waals surface area contributed by atoms with Crippen LogP contribution < -0.4 is 5.32 Å². The molecule has 0 fully saturated rings. The molecule has 102 valence electrons. The molecule has 0 radical (unpaired) electrons. The van der Waals surface area contributed by atoms with Gasteiger partial charge in [-0.15, -0.1) is 0 Å². The lowest BCUT2D eigenvalue weighted by Gasteiger charge is -2.26. The molecule has 18 heavy (non-hydrogen) atoms. The van der Waals surface area contributed by atoms with Crippen molar-refractivity contribution in [2.24, 2.45) is 5.41 Å². The molecule has 0 spiro atoms. The molecule has 0 saturated heterocycles. The molecule has 0 aliphatic carbocycles. The van der Waals surface area contributed by atoms with Crippen LogP contribution >= 0.6 is 0 Å². The van der Waals surface area contributed by atoms with E-state index in [4.69, 9.17) is 0 Å². The molecule has 2 unspecified atom stereocenters. The molecular formula is C16H27NO. The van der Waals surface area contributed by atoms with Gasteiger partial charge in [0.05, 0.1) is 6.61 Å². The Kier molecular flexibility index (Phi) is 5.67. The lowest BCUT2D eigenvalue weighted by Crippen LogP contribution is -2.29. The van der Waals surface area contributed by atoms with Crippen molar-refractivity contribution in [3.63, 3.8) is 0 Å². The Labute approximate surface area is 111 Å². The second-order valence-electron chi connectivity index (χ2n) is 5.61. The zero-order valence-corrected chi connectivity index (χ0v) is 12.2. The summed E-state index contributed by atoms with van der Waals surface area (Å²) in [6, 6.07) is 8.65. The average molecular weight is 249 g/mol. The summed E-state index contributed by atoms with van der Waals surface area (Å²) in [6.45, 7) is 9.72. The summed E-state index contributed by atoms with van der Waals surface area (Å²) >= 11 is 0. The third kappa shape index (κ3) is 4.02. The van der Waals surface area contributed by atoms with Crippen molar-refractivity contribution in [2.75, 3.05) is 18.5 Å². The van der Waals surface area contributed by atoms with Crippen molar-refractivity contribution in [3.8, 4) is 0 Å². The Bertz CT molecular complexity index is 341. The van der Waals surface area contributed by atoms with Crippen LogP contribution in [0.3, 0.4) is 0 Å². The van der Waals surface area contributed by atoms with E-state index in [1.54, 1.807) is 0 Å². The highest BCUT2D eigenvalue weighted by Crippen LogP contribution is 2.23. The van der Waals surface area contributed by atoms with Crippen molar-refractivity contribution in [1.82, 2.24) is 0 Å². The summed E-state index contributed by atoms with van der Waals surface area (Å²) in [5, 5.41) is 12.8. The van der Waals surface area contributed by atoms with E-state index in [0.29, 0.717) is 5.92 Å². The van der Waals surface area contributed by atoms with Gasteiger partial charge in [-0.1, -0.05) is 39.8 Å². The van der Waals surface area contributed by atoms with E-state index in [-0.39, 0.29) is 12.0 Å². The topological polar surface area (TPSA) is 32.3 Å². The SMILES string of the molecule is CCC(C)c1ccc(NCC(C)(CC)CO)cc1. The second-order valence-corrected chi connectivity index (χ2v) is 5.61. The van der Waals surface area contributed by atoms with Gasteiger partial charge in [-0.25, -0.2) is 0 Å². The van der Waals surface area contributed by atoms with Gasteiger partial charge >= 0.3 is 0 Å². The summed E-state index contributed by atoms with van der Waals surface area (Å²) in [5.41, 5.74) is 2.49. The summed E-state index contributed by atoms with van der Waals surface area (Å²) in [6.07, 6.45) is 2.15. The highest BCUT2D eigenvalue weighted by Gasteiger charge is 2.20. The van der Waals surface area contributed by atoms with Gasteiger partial charge in [0.15, 0.2) is 0 Å². The predicted molar refractivity (Wildman–Crippen MR) is 79.1 cm³/mol. The third-order valence-electron chi connectivity index (χ3n) is 4.05. The Hall–Kier alpha value is -1.02. The van der Waals surface area contributed by atoms with Crippen LogP contribution in [0.4, 0.5) is 5.69 Å². The van der Waals surface area contributed by atoms with Crippen LogP contribution in [0.25, 0.3) is 0 Å². The third-order valence-corrected chi connectivity index (χ3v) is 4.05. The van der Waals surface area contributed by atoms with Crippen LogP contribution in [0.5, 0.6) is 0 Å². The molecule has 1 aromatic rings. The Morgan fingerprint density at radius 3 is 2.28 bits per heavy atom. The Morgan fingerprint density at radius 1 is 1.22 bits per heavy atom. The molecule has 0 aliphatic heterocycles. The van der Waals surface area contributed by atoms with Crippen molar-refractivity contribution in [3.05, 3.63) is 29.8 Å². The van der Waals surface area contributed by atoms with Crippen molar-refractivity contribution < 1.29 is 5.11 Å². The highest BCUT2D eigenvalue weighted by molar-refractivity contribution is 5.45. The number of hydrogen-bond acceptors (Lipinski definition) is 2. The molecule has 0 saturated carbocycles. The first-order valence-corrected chi connectivity index (χ1v) is 6.99. The molecule has 0 aromatic heterocycles. The number of aliphatic hydroxyl groups is 1. The van der Waals surface area contributed by atoms with Crippen LogP contribution in [0, 0.1) is 5.41 Å². The van der Waals surface area contributed by atoms with Crippen LogP contribution in [0.1, 0.15) is 52.0 Å². The van der Waals surface area contributed by atoms with Crippen LogP contribution in [0.15, 0.2) is 24.3 Å². The quantitative estimate of drug-likeness (QED) is 0.765. The lowest BCUT2D eigenvalue weighted by molar-refractivity contribution is 0.149. The van der Waals surface area contributed by atoms with E-state index in [2.05, 4.69) is 57.3 Å². The average Bonchev–Trinajstić information content (AvgIpc) is 2.44. The first-order valence-electron chi connectivity index (χ1n) is 6.99. The number of rotatable bonds is 7. The normalized spacial score (nSPS) is 16.1. The van der Waals surface area contributed by atoms with Gasteiger partial charge in [0, 0.05) is 17.6 Å². The molecule has 2 nitrogen and oxygen atoms in total. The van der Waals surface area contributed by atoms with E-state index in [1.807, 2.05) is 0 Å². The van der Waals surface area contributed by atoms with Gasteiger partial charge in [0.2, 0.25) is 0 Å². The minimum absolute atomic E-state index is 0.0324. The molecule has 2 N–H and O–H groups in total. The van der Waals surface area contributed by atoms with Gasteiger partial charge in [-0.2, -0.15) is 0 Å². The predicted octanol–water partition coefficient (Wildman–Crippen LogP) is 4.02. The fourth-order valence-corrected chi connectivity index (χ4v) is 1.77. The van der Waals surface area contributed by atoms with E-state index in [0.717, 1.165) is 18.7 Å². The van der Waals surface area contributed by atoms with Gasteiger partial charge in [-0.05, 0) is 36.5 Å². The minimum Gasteiger partial charge on any atom is -0.396 e. The lowest BCUT2D eigenvalue weighted by atomic mass is 9.88. The standard InChI is InChI=1S/C16H27NO/c1-5-13(3)14-7-9-15(10-8-14)17-11-16(4,6-2)12-18/h7-10,13,17-18H,5-6,11-12H2,1-4H3. The van der Waals surface area contributed by atoms with Gasteiger partial charge in [0.1, 0.15) is 0 Å². The van der Waals surface area contributed by atoms with E-state index in [9.17, 15) is 5.11 Å². The van der Waals surface area contributed by atoms with E-state index in [1.165, 1.54) is 12.0 Å². The monoisotopic (exact) mass is 249 g/mol. The molecule has 2 atom stereocenters. The number of aliphatic hydroxyl groups excluding tert-OH is 1. The highest BCUT2D eigenvalue weighted by atomic mass is 16.3. The first kappa shape index (κ1) is 15.0. The maximum Gasteiger partial charge on any atom is 0.0501 e.